The number of rotatable bonds is 9. The number of hydrogen-bond donors (Lipinski definition) is 1. The fourth-order valence-electron chi connectivity index (χ4n) is 2.82. The van der Waals surface area contributed by atoms with Gasteiger partial charge >= 0.3 is 0 Å². The molecule has 1 atom stereocenters. The Hall–Kier alpha value is -2.24. The fourth-order valence-corrected chi connectivity index (χ4v) is 3.28. The van der Waals surface area contributed by atoms with Crippen LogP contribution in [0.2, 0.25) is 10.0 Å². The van der Waals surface area contributed by atoms with Gasteiger partial charge in [-0.3, -0.25) is 9.59 Å². The third-order valence-electron chi connectivity index (χ3n) is 4.59. The van der Waals surface area contributed by atoms with Crippen molar-refractivity contribution in [1.29, 1.82) is 0 Å². The molecule has 5 nitrogen and oxygen atoms in total. The van der Waals surface area contributed by atoms with Gasteiger partial charge in [0.05, 0.1) is 6.61 Å². The first-order valence-electron chi connectivity index (χ1n) is 9.46. The van der Waals surface area contributed by atoms with E-state index >= 15 is 0 Å². The lowest BCUT2D eigenvalue weighted by Gasteiger charge is -2.28. The van der Waals surface area contributed by atoms with E-state index in [1.807, 2.05) is 31.2 Å². The molecule has 0 aliphatic heterocycles. The predicted molar refractivity (Wildman–Crippen MR) is 116 cm³/mol. The van der Waals surface area contributed by atoms with Crippen LogP contribution in [0.1, 0.15) is 30.9 Å². The zero-order valence-corrected chi connectivity index (χ0v) is 18.4. The van der Waals surface area contributed by atoms with E-state index in [0.29, 0.717) is 23.1 Å². The van der Waals surface area contributed by atoms with Gasteiger partial charge in [0, 0.05) is 30.1 Å². The average molecular weight is 437 g/mol. The Morgan fingerprint density at radius 3 is 2.45 bits per heavy atom. The van der Waals surface area contributed by atoms with Gasteiger partial charge in [-0.2, -0.15) is 0 Å². The van der Waals surface area contributed by atoms with Crippen LogP contribution in [0.4, 0.5) is 0 Å². The van der Waals surface area contributed by atoms with Gasteiger partial charge in [-0.05, 0) is 50.1 Å². The van der Waals surface area contributed by atoms with E-state index in [4.69, 9.17) is 27.9 Å². The van der Waals surface area contributed by atoms with Crippen molar-refractivity contribution in [2.75, 3.05) is 13.7 Å². The van der Waals surface area contributed by atoms with Gasteiger partial charge < -0.3 is 15.0 Å². The number of hydrogen-bond acceptors (Lipinski definition) is 3. The molecule has 156 valence electrons. The van der Waals surface area contributed by atoms with E-state index in [1.54, 1.807) is 32.2 Å². The van der Waals surface area contributed by atoms with Gasteiger partial charge in [-0.25, -0.2) is 0 Å². The zero-order chi connectivity index (χ0) is 21.4. The smallest absolute Gasteiger partial charge is 0.242 e. The molecule has 7 heteroatoms. The molecule has 1 N–H and O–H groups in total. The number of likely N-dealkylation sites (N-methyl/N-ethyl adjacent to an activating group) is 1. The largest absolute Gasteiger partial charge is 0.494 e. The van der Waals surface area contributed by atoms with E-state index in [2.05, 4.69) is 5.32 Å². The lowest BCUT2D eigenvalue weighted by molar-refractivity contribution is -0.140. The summed E-state index contributed by atoms with van der Waals surface area (Å²) in [6.07, 6.45) is 0.802. The molecule has 0 aliphatic rings. The highest BCUT2D eigenvalue weighted by molar-refractivity contribution is 6.35. The van der Waals surface area contributed by atoms with Gasteiger partial charge in [0.25, 0.3) is 0 Å². The summed E-state index contributed by atoms with van der Waals surface area (Å²) in [5, 5.41) is 3.57. The summed E-state index contributed by atoms with van der Waals surface area (Å²) in [4.78, 5) is 26.5. The summed E-state index contributed by atoms with van der Waals surface area (Å²) in [7, 11) is 1.55. The summed E-state index contributed by atoms with van der Waals surface area (Å²) in [5.74, 6) is 0.394. The number of nitrogens with one attached hydrogen (secondary N) is 1. The molecule has 0 spiro atoms. The van der Waals surface area contributed by atoms with E-state index in [-0.39, 0.29) is 24.8 Å². The second-order valence-corrected chi connectivity index (χ2v) is 7.66. The van der Waals surface area contributed by atoms with Crippen molar-refractivity contribution in [3.05, 3.63) is 63.6 Å². The quantitative estimate of drug-likeness (QED) is 0.583. The van der Waals surface area contributed by atoms with E-state index in [0.717, 1.165) is 16.9 Å². The molecule has 0 fully saturated rings. The first-order valence-corrected chi connectivity index (χ1v) is 10.2. The van der Waals surface area contributed by atoms with Crippen LogP contribution in [-0.4, -0.2) is 36.4 Å². The molecule has 0 radical (unpaired) electrons. The molecular formula is C22H26Cl2N2O3. The van der Waals surface area contributed by atoms with Gasteiger partial charge in [-0.1, -0.05) is 47.0 Å². The maximum atomic E-state index is 12.9. The molecule has 0 saturated heterocycles. The molecule has 29 heavy (non-hydrogen) atoms. The van der Waals surface area contributed by atoms with Crippen LogP contribution in [0.5, 0.6) is 5.75 Å². The number of aryl methyl sites for hydroxylation is 1. The van der Waals surface area contributed by atoms with Gasteiger partial charge in [0.1, 0.15) is 11.8 Å². The number of carbonyl (C=O) groups excluding carboxylic acids is 2. The Morgan fingerprint density at radius 1 is 1.14 bits per heavy atom. The number of halogens is 2. The molecule has 0 saturated carbocycles. The van der Waals surface area contributed by atoms with Crippen molar-refractivity contribution < 1.29 is 14.3 Å². The number of ether oxygens (including phenoxy) is 1. The summed E-state index contributed by atoms with van der Waals surface area (Å²) >= 11 is 12.2. The molecule has 0 aromatic heterocycles. The predicted octanol–water partition coefficient (Wildman–Crippen LogP) is 4.62. The van der Waals surface area contributed by atoms with Crippen molar-refractivity contribution >= 4 is 35.0 Å². The molecular weight excluding hydrogens is 411 g/mol. The molecule has 0 heterocycles. The average Bonchev–Trinajstić information content (AvgIpc) is 2.70. The minimum Gasteiger partial charge on any atom is -0.494 e. The topological polar surface area (TPSA) is 58.6 Å². The van der Waals surface area contributed by atoms with Gasteiger partial charge in [0.15, 0.2) is 0 Å². The number of amides is 2. The molecule has 2 rings (SSSR count). The van der Waals surface area contributed by atoms with Crippen molar-refractivity contribution in [2.24, 2.45) is 0 Å². The molecule has 2 aromatic rings. The van der Waals surface area contributed by atoms with Crippen molar-refractivity contribution in [1.82, 2.24) is 10.2 Å². The highest BCUT2D eigenvalue weighted by Crippen LogP contribution is 2.23. The van der Waals surface area contributed by atoms with Crippen LogP contribution in [0.25, 0.3) is 0 Å². The maximum absolute atomic E-state index is 12.9. The number of benzene rings is 2. The van der Waals surface area contributed by atoms with Crippen LogP contribution in [0.15, 0.2) is 42.5 Å². The zero-order valence-electron chi connectivity index (χ0n) is 16.9. The minimum atomic E-state index is -0.628. The van der Waals surface area contributed by atoms with Crippen LogP contribution >= 0.6 is 23.2 Å². The Balaban J connectivity index is 2.00. The lowest BCUT2D eigenvalue weighted by atomic mass is 10.1. The molecule has 2 aromatic carbocycles. The highest BCUT2D eigenvalue weighted by Gasteiger charge is 2.25. The summed E-state index contributed by atoms with van der Waals surface area (Å²) < 4.78 is 5.69. The standard InChI is InChI=1S/C22H26Cl2N2O3/c1-15-6-10-19(11-7-15)29-12-4-5-21(27)26(16(2)22(28)25-3)14-17-8-9-18(23)13-20(17)24/h6-11,13,16H,4-5,12,14H2,1-3H3,(H,25,28). The second-order valence-electron chi connectivity index (χ2n) is 6.81. The van der Waals surface area contributed by atoms with Crippen LogP contribution in [0.3, 0.4) is 0 Å². The Morgan fingerprint density at radius 2 is 1.83 bits per heavy atom. The summed E-state index contributed by atoms with van der Waals surface area (Å²) in [6, 6.07) is 12.2. The van der Waals surface area contributed by atoms with E-state index in [1.165, 1.54) is 4.90 Å². The maximum Gasteiger partial charge on any atom is 0.242 e. The lowest BCUT2D eigenvalue weighted by Crippen LogP contribution is -2.46. The number of nitrogens with zero attached hydrogens (tertiary/aromatic N) is 1. The normalized spacial score (nSPS) is 11.6. The minimum absolute atomic E-state index is 0.139. The number of carbonyl (C=O) groups is 2. The molecule has 1 unspecified atom stereocenters. The monoisotopic (exact) mass is 436 g/mol. The third-order valence-corrected chi connectivity index (χ3v) is 5.18. The van der Waals surface area contributed by atoms with Crippen molar-refractivity contribution in [3.63, 3.8) is 0 Å². The van der Waals surface area contributed by atoms with Crippen LogP contribution < -0.4 is 10.1 Å². The Labute approximate surface area is 181 Å². The second kappa shape index (κ2) is 11.1. The Bertz CT molecular complexity index is 840. The van der Waals surface area contributed by atoms with Crippen LogP contribution in [-0.2, 0) is 16.1 Å². The first kappa shape index (κ1) is 23.0. The summed E-state index contributed by atoms with van der Waals surface area (Å²) in [5.41, 5.74) is 1.89. The van der Waals surface area contributed by atoms with Crippen molar-refractivity contribution in [2.45, 2.75) is 39.3 Å². The molecule has 0 aliphatic carbocycles. The van der Waals surface area contributed by atoms with Gasteiger partial charge in [-0.15, -0.1) is 0 Å². The van der Waals surface area contributed by atoms with Crippen molar-refractivity contribution in [3.8, 4) is 5.75 Å². The third kappa shape index (κ3) is 6.94. The Kier molecular flexibility index (Phi) is 8.80. The highest BCUT2D eigenvalue weighted by atomic mass is 35.5. The fraction of sp³-hybridized carbons (Fsp3) is 0.364. The van der Waals surface area contributed by atoms with E-state index < -0.39 is 6.04 Å². The van der Waals surface area contributed by atoms with E-state index in [9.17, 15) is 9.59 Å². The van der Waals surface area contributed by atoms with Crippen LogP contribution in [0, 0.1) is 6.92 Å². The summed E-state index contributed by atoms with van der Waals surface area (Å²) in [6.45, 7) is 4.35. The first-order chi connectivity index (χ1) is 13.8. The molecule has 0 bridgehead atoms. The SMILES string of the molecule is CNC(=O)C(C)N(Cc1ccc(Cl)cc1Cl)C(=O)CCCOc1ccc(C)cc1. The molecule has 2 amide bonds. The van der Waals surface area contributed by atoms with Gasteiger partial charge in [0.2, 0.25) is 11.8 Å².